The van der Waals surface area contributed by atoms with Crippen LogP contribution in [0.5, 0.6) is 0 Å². The van der Waals surface area contributed by atoms with Gasteiger partial charge >= 0.3 is 0 Å². The number of ether oxygens (including phenoxy) is 3. The molecule has 2 N–H and O–H groups in total. The minimum atomic E-state index is -1.33. The molecule has 0 saturated carbocycles. The summed E-state index contributed by atoms with van der Waals surface area (Å²) in [5.74, 6) is -4.26. The van der Waals surface area contributed by atoms with Crippen LogP contribution in [0, 0.1) is 23.7 Å². The molecule has 4 saturated heterocycles. The maximum atomic E-state index is 11.5. The first-order valence-electron chi connectivity index (χ1n) is 10.8. The number of hydrogen-bond acceptors (Lipinski definition) is 5. The van der Waals surface area contributed by atoms with Gasteiger partial charge in [0.25, 0.3) is 0 Å². The second-order valence-corrected chi connectivity index (χ2v) is 9.20. The number of hydrogen-bond donors (Lipinski definition) is 2. The van der Waals surface area contributed by atoms with Crippen LogP contribution in [0.2, 0.25) is 0 Å². The lowest BCUT2D eigenvalue weighted by atomic mass is 9.64. The molecule has 4 aliphatic heterocycles. The Morgan fingerprint density at radius 3 is 2.32 bits per heavy atom. The summed E-state index contributed by atoms with van der Waals surface area (Å²) < 4.78 is 19.4. The summed E-state index contributed by atoms with van der Waals surface area (Å²) in [6, 6.07) is 0. The van der Waals surface area contributed by atoms with E-state index in [9.17, 15) is 10.2 Å². The summed E-state index contributed by atoms with van der Waals surface area (Å²) in [6.45, 7) is 16.0. The topological polar surface area (TPSA) is 68.2 Å². The molecule has 0 aromatic rings. The van der Waals surface area contributed by atoms with E-state index in [-0.39, 0.29) is 23.9 Å². The van der Waals surface area contributed by atoms with Crippen LogP contribution in [0.4, 0.5) is 0 Å². The minimum absolute atomic E-state index is 0.00381. The van der Waals surface area contributed by atoms with Gasteiger partial charge in [0.15, 0.2) is 17.4 Å². The molecule has 0 spiro atoms. The summed E-state index contributed by atoms with van der Waals surface area (Å²) in [4.78, 5) is 0. The van der Waals surface area contributed by atoms with E-state index in [1.54, 1.807) is 0 Å². The van der Waals surface area contributed by atoms with Gasteiger partial charge in [0.05, 0.1) is 18.1 Å². The lowest BCUT2D eigenvalue weighted by Crippen LogP contribution is -2.83. The maximum Gasteiger partial charge on any atom is 0.185 e. The predicted molar refractivity (Wildman–Crippen MR) is 108 cm³/mol. The van der Waals surface area contributed by atoms with Crippen LogP contribution in [0.25, 0.3) is 0 Å². The largest absolute Gasteiger partial charge is 0.388 e. The molecule has 9 atom stereocenters. The summed E-state index contributed by atoms with van der Waals surface area (Å²) >= 11 is 0. The lowest BCUT2D eigenvalue weighted by Gasteiger charge is -2.72. The van der Waals surface area contributed by atoms with Gasteiger partial charge in [-0.3, -0.25) is 0 Å². The zero-order valence-corrected chi connectivity index (χ0v) is 18.7. The molecule has 5 nitrogen and oxygen atoms in total. The smallest absolute Gasteiger partial charge is 0.185 e. The first-order chi connectivity index (χ1) is 13.0. The molecule has 160 valence electrons. The second-order valence-electron chi connectivity index (χ2n) is 9.20. The van der Waals surface area contributed by atoms with E-state index < -0.39 is 29.4 Å². The van der Waals surface area contributed by atoms with Crippen LogP contribution in [0.3, 0.4) is 0 Å². The highest BCUT2D eigenvalue weighted by atomic mass is 16.9. The third-order valence-electron chi connectivity index (χ3n) is 7.59. The van der Waals surface area contributed by atoms with Crippen LogP contribution in [0.15, 0.2) is 23.3 Å². The van der Waals surface area contributed by atoms with Crippen LogP contribution in [-0.4, -0.2) is 39.8 Å². The molecule has 4 heterocycles. The monoisotopic (exact) mass is 394 g/mol. The van der Waals surface area contributed by atoms with E-state index in [0.717, 1.165) is 17.6 Å². The first-order valence-corrected chi connectivity index (χ1v) is 10.8. The zero-order chi connectivity index (χ0) is 21.1. The third-order valence-corrected chi connectivity index (χ3v) is 7.59. The molecule has 28 heavy (non-hydrogen) atoms. The third kappa shape index (κ3) is 2.85. The van der Waals surface area contributed by atoms with Gasteiger partial charge in [0.2, 0.25) is 0 Å². The van der Waals surface area contributed by atoms with Crippen molar-refractivity contribution in [2.24, 2.45) is 23.7 Å². The molecule has 0 amide bonds. The average molecular weight is 395 g/mol. The van der Waals surface area contributed by atoms with Crippen molar-refractivity contribution in [3.05, 3.63) is 23.3 Å². The quantitative estimate of drug-likeness (QED) is 0.663. The molecule has 0 aromatic carbocycles. The first kappa shape index (κ1) is 22.0. The van der Waals surface area contributed by atoms with Gasteiger partial charge in [-0.1, -0.05) is 59.3 Å². The van der Waals surface area contributed by atoms with E-state index in [2.05, 4.69) is 19.9 Å². The van der Waals surface area contributed by atoms with Crippen LogP contribution in [-0.2, 0) is 14.2 Å². The fraction of sp³-hybridized carbons (Fsp3) is 0.826. The van der Waals surface area contributed by atoms with Crippen molar-refractivity contribution in [3.63, 3.8) is 0 Å². The van der Waals surface area contributed by atoms with Crippen molar-refractivity contribution in [2.75, 3.05) is 0 Å². The van der Waals surface area contributed by atoms with E-state index >= 15 is 0 Å². The SMILES string of the molecule is CC/C=C(C)/C=C(\C)[C@@H](O)[C@@H](C)[C@@]12O[C@@H]3C(C)C(O)(O[C@@](CC)(O1)C3C)C2C. The predicted octanol–water partition coefficient (Wildman–Crippen LogP) is 4.14. The van der Waals surface area contributed by atoms with Gasteiger partial charge in [-0.25, -0.2) is 0 Å². The Morgan fingerprint density at radius 1 is 1.11 bits per heavy atom. The Labute approximate surface area is 169 Å². The summed E-state index contributed by atoms with van der Waals surface area (Å²) in [7, 11) is 0. The molecule has 4 aliphatic rings. The van der Waals surface area contributed by atoms with Gasteiger partial charge in [-0.15, -0.1) is 0 Å². The lowest BCUT2D eigenvalue weighted by molar-refractivity contribution is -0.593. The fourth-order valence-electron chi connectivity index (χ4n) is 5.67. The highest BCUT2D eigenvalue weighted by Gasteiger charge is 2.76. The van der Waals surface area contributed by atoms with Crippen molar-refractivity contribution in [1.82, 2.24) is 0 Å². The highest BCUT2D eigenvalue weighted by molar-refractivity contribution is 5.24. The standard InChI is InChI=1S/C23H38O5/c1-9-11-13(3)12-14(4)19(24)15(5)23-18(8)22(25)17(7)20(26-23)16(6)21(10-2,27-22)28-23/h11-12,15-20,24-25H,9-10H2,1-8H3/b13-11+,14-12+/t15-,16?,17?,18?,19-,20+,21+,22?,23-/m1/s1. The Balaban J connectivity index is 2.00. The molecule has 0 aliphatic carbocycles. The van der Waals surface area contributed by atoms with E-state index in [1.165, 1.54) is 0 Å². The van der Waals surface area contributed by atoms with Crippen molar-refractivity contribution in [2.45, 2.75) is 97.8 Å². The molecule has 4 fully saturated rings. The van der Waals surface area contributed by atoms with E-state index in [4.69, 9.17) is 14.2 Å². The average Bonchev–Trinajstić information content (AvgIpc) is 2.65. The highest BCUT2D eigenvalue weighted by Crippen LogP contribution is 2.64. The van der Waals surface area contributed by atoms with Crippen molar-refractivity contribution < 1.29 is 24.4 Å². The molecule has 4 unspecified atom stereocenters. The Morgan fingerprint density at radius 2 is 1.75 bits per heavy atom. The zero-order valence-electron chi connectivity index (χ0n) is 18.7. The molecule has 4 bridgehead atoms. The molecular weight excluding hydrogens is 356 g/mol. The second kappa shape index (κ2) is 7.21. The minimum Gasteiger partial charge on any atom is -0.388 e. The number of aliphatic hydroxyl groups is 2. The molecule has 0 radical (unpaired) electrons. The Hall–Kier alpha value is -0.720. The van der Waals surface area contributed by atoms with Gasteiger partial charge in [-0.05, 0) is 32.3 Å². The number of allylic oxidation sites excluding steroid dienone is 3. The van der Waals surface area contributed by atoms with Gasteiger partial charge in [-0.2, -0.15) is 0 Å². The van der Waals surface area contributed by atoms with Crippen molar-refractivity contribution >= 4 is 0 Å². The molecule has 5 heteroatoms. The fourth-order valence-corrected chi connectivity index (χ4v) is 5.67. The normalized spacial score (nSPS) is 48.1. The van der Waals surface area contributed by atoms with Gasteiger partial charge < -0.3 is 24.4 Å². The van der Waals surface area contributed by atoms with Crippen molar-refractivity contribution in [1.29, 1.82) is 0 Å². The maximum absolute atomic E-state index is 11.5. The Kier molecular flexibility index (Phi) is 5.66. The van der Waals surface area contributed by atoms with Crippen LogP contribution < -0.4 is 0 Å². The summed E-state index contributed by atoms with van der Waals surface area (Å²) in [5.41, 5.74) is 1.99. The van der Waals surface area contributed by atoms with E-state index in [0.29, 0.717) is 6.42 Å². The molecule has 0 aromatic heterocycles. The number of aliphatic hydroxyl groups excluding tert-OH is 1. The Bertz CT molecular complexity index is 662. The molecular formula is C23H38O5. The van der Waals surface area contributed by atoms with Crippen LogP contribution >= 0.6 is 0 Å². The summed E-state index contributed by atoms with van der Waals surface area (Å²) in [6.07, 6.45) is 4.80. The van der Waals surface area contributed by atoms with Gasteiger partial charge in [0.1, 0.15) is 0 Å². The van der Waals surface area contributed by atoms with Crippen molar-refractivity contribution in [3.8, 4) is 0 Å². The number of rotatable bonds is 6. The van der Waals surface area contributed by atoms with E-state index in [1.807, 2.05) is 47.6 Å². The summed E-state index contributed by atoms with van der Waals surface area (Å²) in [5, 5.41) is 22.7. The van der Waals surface area contributed by atoms with Crippen LogP contribution in [0.1, 0.15) is 68.2 Å². The molecule has 4 rings (SSSR count). The van der Waals surface area contributed by atoms with Gasteiger partial charge in [0, 0.05) is 17.8 Å².